The molecule has 0 spiro atoms. The standard InChI is InChI=1S/C24H23N3O4/c1-29-19-5-4-18-12-21(27-20(18)13-19)24(28)26-14-17-3-6-22(23(11-17)30-2)31-15-16-7-9-25-10-8-16/h3-13,27H,14-15H2,1-2H3,(H,26,28). The number of methoxy groups -OCH3 is 2. The van der Waals surface area contributed by atoms with Gasteiger partial charge in [0.1, 0.15) is 18.1 Å². The fraction of sp³-hybridized carbons (Fsp3) is 0.167. The van der Waals surface area contributed by atoms with E-state index in [9.17, 15) is 4.79 Å². The van der Waals surface area contributed by atoms with Crippen molar-refractivity contribution in [3.63, 3.8) is 0 Å². The minimum Gasteiger partial charge on any atom is -0.497 e. The number of nitrogens with zero attached hydrogens (tertiary/aromatic N) is 1. The lowest BCUT2D eigenvalue weighted by molar-refractivity contribution is 0.0946. The summed E-state index contributed by atoms with van der Waals surface area (Å²) in [6, 6.07) is 16.9. The zero-order chi connectivity index (χ0) is 21.6. The quantitative estimate of drug-likeness (QED) is 0.451. The van der Waals surface area contributed by atoms with Crippen molar-refractivity contribution < 1.29 is 19.0 Å². The fourth-order valence-electron chi connectivity index (χ4n) is 3.21. The van der Waals surface area contributed by atoms with Gasteiger partial charge < -0.3 is 24.5 Å². The summed E-state index contributed by atoms with van der Waals surface area (Å²) in [5, 5.41) is 3.88. The average molecular weight is 417 g/mol. The summed E-state index contributed by atoms with van der Waals surface area (Å²) >= 11 is 0. The zero-order valence-corrected chi connectivity index (χ0v) is 17.3. The van der Waals surface area contributed by atoms with Gasteiger partial charge in [-0.05, 0) is 53.6 Å². The van der Waals surface area contributed by atoms with E-state index in [1.165, 1.54) is 0 Å². The van der Waals surface area contributed by atoms with Crippen molar-refractivity contribution in [2.45, 2.75) is 13.2 Å². The third-order valence-electron chi connectivity index (χ3n) is 4.90. The molecule has 7 heteroatoms. The first-order valence-corrected chi connectivity index (χ1v) is 9.80. The highest BCUT2D eigenvalue weighted by molar-refractivity contribution is 5.98. The number of fused-ring (bicyclic) bond motifs is 1. The number of aromatic amines is 1. The molecule has 2 aromatic carbocycles. The lowest BCUT2D eigenvalue weighted by atomic mass is 10.2. The molecule has 0 saturated heterocycles. The summed E-state index contributed by atoms with van der Waals surface area (Å²) in [5.74, 6) is 1.80. The first-order chi connectivity index (χ1) is 15.2. The third kappa shape index (κ3) is 4.78. The molecule has 0 aliphatic rings. The lowest BCUT2D eigenvalue weighted by Gasteiger charge is -2.12. The molecule has 2 N–H and O–H groups in total. The van der Waals surface area contributed by atoms with Crippen molar-refractivity contribution in [2.75, 3.05) is 14.2 Å². The predicted octanol–water partition coefficient (Wildman–Crippen LogP) is 4.09. The predicted molar refractivity (Wildman–Crippen MR) is 118 cm³/mol. The maximum absolute atomic E-state index is 12.6. The minimum absolute atomic E-state index is 0.188. The van der Waals surface area contributed by atoms with Gasteiger partial charge in [-0.25, -0.2) is 0 Å². The molecular formula is C24H23N3O4. The SMILES string of the molecule is COc1ccc2cc(C(=O)NCc3ccc(OCc4ccncc4)c(OC)c3)[nH]c2c1. The summed E-state index contributed by atoms with van der Waals surface area (Å²) < 4.78 is 16.5. The van der Waals surface area contributed by atoms with Crippen molar-refractivity contribution in [3.8, 4) is 17.2 Å². The number of benzene rings is 2. The Morgan fingerprint density at radius 3 is 2.55 bits per heavy atom. The van der Waals surface area contributed by atoms with Crippen LogP contribution in [-0.2, 0) is 13.2 Å². The fourth-order valence-corrected chi connectivity index (χ4v) is 3.21. The Morgan fingerprint density at radius 1 is 0.935 bits per heavy atom. The molecule has 0 bridgehead atoms. The molecule has 4 rings (SSSR count). The van der Waals surface area contributed by atoms with Crippen molar-refractivity contribution >= 4 is 16.8 Å². The summed E-state index contributed by atoms with van der Waals surface area (Å²) in [6.07, 6.45) is 3.46. The number of carbonyl (C=O) groups is 1. The molecule has 7 nitrogen and oxygen atoms in total. The van der Waals surface area contributed by atoms with Crippen LogP contribution in [0.2, 0.25) is 0 Å². The molecule has 158 valence electrons. The molecule has 0 unspecified atom stereocenters. The molecule has 1 amide bonds. The van der Waals surface area contributed by atoms with Gasteiger partial charge in [0.25, 0.3) is 5.91 Å². The summed E-state index contributed by atoms with van der Waals surface area (Å²) in [6.45, 7) is 0.776. The normalized spacial score (nSPS) is 10.6. The van der Waals surface area contributed by atoms with Crippen molar-refractivity contribution in [3.05, 3.63) is 83.8 Å². The van der Waals surface area contributed by atoms with E-state index in [1.807, 2.05) is 54.6 Å². The Labute approximate surface area is 180 Å². The Morgan fingerprint density at radius 2 is 1.77 bits per heavy atom. The maximum Gasteiger partial charge on any atom is 0.267 e. The second kappa shape index (κ2) is 9.21. The topological polar surface area (TPSA) is 85.5 Å². The van der Waals surface area contributed by atoms with Gasteiger partial charge in [0, 0.05) is 35.9 Å². The maximum atomic E-state index is 12.6. The van der Waals surface area contributed by atoms with E-state index in [0.29, 0.717) is 30.3 Å². The number of rotatable bonds is 8. The van der Waals surface area contributed by atoms with E-state index in [2.05, 4.69) is 15.3 Å². The number of ether oxygens (including phenoxy) is 3. The smallest absolute Gasteiger partial charge is 0.267 e. The monoisotopic (exact) mass is 417 g/mol. The van der Waals surface area contributed by atoms with Gasteiger partial charge in [0.05, 0.1) is 14.2 Å². The van der Waals surface area contributed by atoms with Crippen LogP contribution in [0.5, 0.6) is 17.2 Å². The van der Waals surface area contributed by atoms with Gasteiger partial charge in [-0.2, -0.15) is 0 Å². The summed E-state index contributed by atoms with van der Waals surface area (Å²) in [5.41, 5.74) is 3.26. The van der Waals surface area contributed by atoms with Gasteiger partial charge in [-0.1, -0.05) is 6.07 Å². The number of nitrogens with one attached hydrogen (secondary N) is 2. The van der Waals surface area contributed by atoms with Gasteiger partial charge >= 0.3 is 0 Å². The van der Waals surface area contributed by atoms with E-state index >= 15 is 0 Å². The van der Waals surface area contributed by atoms with Gasteiger partial charge in [0.15, 0.2) is 11.5 Å². The first kappa shape index (κ1) is 20.3. The average Bonchev–Trinajstić information content (AvgIpc) is 3.25. The van der Waals surface area contributed by atoms with Gasteiger partial charge in [-0.3, -0.25) is 9.78 Å². The Balaban J connectivity index is 1.40. The van der Waals surface area contributed by atoms with Crippen molar-refractivity contribution in [1.29, 1.82) is 0 Å². The Bertz CT molecular complexity index is 1190. The Hall–Kier alpha value is -4.00. The molecule has 0 aliphatic heterocycles. The van der Waals surface area contributed by atoms with Crippen LogP contribution in [-0.4, -0.2) is 30.1 Å². The highest BCUT2D eigenvalue weighted by atomic mass is 16.5. The molecule has 0 atom stereocenters. The van der Waals surface area contributed by atoms with Crippen molar-refractivity contribution in [1.82, 2.24) is 15.3 Å². The molecule has 2 heterocycles. The second-order valence-corrected chi connectivity index (χ2v) is 6.95. The van der Waals surface area contributed by atoms with E-state index in [1.54, 1.807) is 26.6 Å². The van der Waals surface area contributed by atoms with Crippen LogP contribution in [0.1, 0.15) is 21.6 Å². The second-order valence-electron chi connectivity index (χ2n) is 6.95. The molecule has 0 aliphatic carbocycles. The minimum atomic E-state index is -0.188. The Kier molecular flexibility index (Phi) is 6.03. The molecule has 31 heavy (non-hydrogen) atoms. The number of aromatic nitrogens is 2. The molecule has 4 aromatic rings. The number of carbonyl (C=O) groups excluding carboxylic acids is 1. The molecule has 0 fully saturated rings. The van der Waals surface area contributed by atoms with Crippen LogP contribution < -0.4 is 19.5 Å². The zero-order valence-electron chi connectivity index (χ0n) is 17.3. The largest absolute Gasteiger partial charge is 0.497 e. The first-order valence-electron chi connectivity index (χ1n) is 9.80. The van der Waals surface area contributed by atoms with E-state index < -0.39 is 0 Å². The van der Waals surface area contributed by atoms with E-state index in [0.717, 1.165) is 27.8 Å². The van der Waals surface area contributed by atoms with E-state index in [-0.39, 0.29) is 5.91 Å². The highest BCUT2D eigenvalue weighted by Gasteiger charge is 2.11. The van der Waals surface area contributed by atoms with Crippen LogP contribution in [0.25, 0.3) is 10.9 Å². The number of hydrogen-bond acceptors (Lipinski definition) is 5. The number of pyridine rings is 1. The van der Waals surface area contributed by atoms with Crippen LogP contribution in [0.4, 0.5) is 0 Å². The summed E-state index contributed by atoms with van der Waals surface area (Å²) in [4.78, 5) is 19.7. The molecular weight excluding hydrogens is 394 g/mol. The van der Waals surface area contributed by atoms with Crippen LogP contribution in [0.3, 0.4) is 0 Å². The number of amides is 1. The number of hydrogen-bond donors (Lipinski definition) is 2. The third-order valence-corrected chi connectivity index (χ3v) is 4.90. The molecule has 0 saturated carbocycles. The van der Waals surface area contributed by atoms with Crippen molar-refractivity contribution in [2.24, 2.45) is 0 Å². The summed E-state index contributed by atoms with van der Waals surface area (Å²) in [7, 11) is 3.21. The van der Waals surface area contributed by atoms with Crippen LogP contribution >= 0.6 is 0 Å². The van der Waals surface area contributed by atoms with Gasteiger partial charge in [0.2, 0.25) is 0 Å². The van der Waals surface area contributed by atoms with Crippen LogP contribution in [0.15, 0.2) is 67.0 Å². The van der Waals surface area contributed by atoms with Gasteiger partial charge in [-0.15, -0.1) is 0 Å². The highest BCUT2D eigenvalue weighted by Crippen LogP contribution is 2.29. The van der Waals surface area contributed by atoms with E-state index in [4.69, 9.17) is 14.2 Å². The van der Waals surface area contributed by atoms with Crippen LogP contribution in [0, 0.1) is 0 Å². The molecule has 0 radical (unpaired) electrons. The lowest BCUT2D eigenvalue weighted by Crippen LogP contribution is -2.23. The number of H-pyrrole nitrogens is 1. The molecule has 2 aromatic heterocycles.